The van der Waals surface area contributed by atoms with Crippen LogP contribution < -0.4 is 0 Å². The Morgan fingerprint density at radius 3 is 2.75 bits per heavy atom. The lowest BCUT2D eigenvalue weighted by molar-refractivity contribution is -0.0694. The number of ether oxygens (including phenoxy) is 1. The second-order valence-corrected chi connectivity index (χ2v) is 3.97. The standard InChI is InChI=1S/C12H15NO3/c1-16-11-8-13(12(14)15)10(11)7-9-5-3-2-4-6-9/h2-6,10-11H,7-8H2,1H3,(H,14,15)/t10-,11-/m1/s1. The maximum Gasteiger partial charge on any atom is 0.407 e. The van der Waals surface area contributed by atoms with Crippen molar-refractivity contribution >= 4 is 6.09 Å². The van der Waals surface area contributed by atoms with Crippen LogP contribution in [0.5, 0.6) is 0 Å². The molecule has 1 aromatic carbocycles. The minimum Gasteiger partial charge on any atom is -0.465 e. The number of hydrogen-bond donors (Lipinski definition) is 1. The second-order valence-electron chi connectivity index (χ2n) is 3.97. The summed E-state index contributed by atoms with van der Waals surface area (Å²) in [6.07, 6.45) is -0.128. The van der Waals surface area contributed by atoms with E-state index in [0.717, 1.165) is 5.56 Å². The molecule has 0 unspecified atom stereocenters. The van der Waals surface area contributed by atoms with Gasteiger partial charge in [0.15, 0.2) is 0 Å². The van der Waals surface area contributed by atoms with E-state index in [1.807, 2.05) is 30.3 Å². The molecule has 1 aliphatic rings. The number of rotatable bonds is 3. The van der Waals surface area contributed by atoms with Gasteiger partial charge in [-0.15, -0.1) is 0 Å². The van der Waals surface area contributed by atoms with Crippen molar-refractivity contribution in [2.24, 2.45) is 0 Å². The fraction of sp³-hybridized carbons (Fsp3) is 0.417. The minimum absolute atomic E-state index is 0.0244. The number of hydrogen-bond acceptors (Lipinski definition) is 2. The van der Waals surface area contributed by atoms with Gasteiger partial charge in [-0.1, -0.05) is 30.3 Å². The Kier molecular flexibility index (Phi) is 3.10. The molecule has 1 amide bonds. The highest BCUT2D eigenvalue weighted by Gasteiger charge is 2.42. The lowest BCUT2D eigenvalue weighted by Gasteiger charge is -2.45. The van der Waals surface area contributed by atoms with Crippen molar-refractivity contribution in [2.75, 3.05) is 13.7 Å². The Hall–Kier alpha value is -1.55. The van der Waals surface area contributed by atoms with Crippen molar-refractivity contribution in [1.29, 1.82) is 0 Å². The molecule has 2 atom stereocenters. The average Bonchev–Trinajstić information content (AvgIpc) is 2.26. The zero-order valence-corrected chi connectivity index (χ0v) is 9.17. The summed E-state index contributed by atoms with van der Waals surface area (Å²) in [6.45, 7) is 0.476. The van der Waals surface area contributed by atoms with Crippen LogP contribution in [0.15, 0.2) is 30.3 Å². The monoisotopic (exact) mass is 221 g/mol. The van der Waals surface area contributed by atoms with E-state index in [2.05, 4.69) is 0 Å². The van der Waals surface area contributed by atoms with Crippen LogP contribution in [-0.4, -0.2) is 41.9 Å². The van der Waals surface area contributed by atoms with Crippen molar-refractivity contribution in [1.82, 2.24) is 4.90 Å². The van der Waals surface area contributed by atoms with Crippen LogP contribution in [-0.2, 0) is 11.2 Å². The molecule has 4 heteroatoms. The van der Waals surface area contributed by atoms with Gasteiger partial charge in [-0.25, -0.2) is 4.79 Å². The van der Waals surface area contributed by atoms with E-state index < -0.39 is 6.09 Å². The minimum atomic E-state index is -0.866. The number of carbonyl (C=O) groups is 1. The first-order valence-electron chi connectivity index (χ1n) is 5.28. The van der Waals surface area contributed by atoms with Crippen LogP contribution in [0.1, 0.15) is 5.56 Å². The van der Waals surface area contributed by atoms with Crippen molar-refractivity contribution in [3.05, 3.63) is 35.9 Å². The molecule has 0 spiro atoms. The van der Waals surface area contributed by atoms with E-state index in [1.165, 1.54) is 4.90 Å². The molecular formula is C12H15NO3. The molecule has 16 heavy (non-hydrogen) atoms. The summed E-state index contributed by atoms with van der Waals surface area (Å²) >= 11 is 0. The van der Waals surface area contributed by atoms with E-state index in [1.54, 1.807) is 7.11 Å². The topological polar surface area (TPSA) is 49.8 Å². The van der Waals surface area contributed by atoms with Gasteiger partial charge in [-0.05, 0) is 12.0 Å². The molecule has 0 aliphatic carbocycles. The maximum absolute atomic E-state index is 10.9. The van der Waals surface area contributed by atoms with Crippen LogP contribution in [0, 0.1) is 0 Å². The molecule has 0 aromatic heterocycles. The summed E-state index contributed by atoms with van der Waals surface area (Å²) < 4.78 is 5.25. The lowest BCUT2D eigenvalue weighted by Crippen LogP contribution is -2.63. The predicted octanol–water partition coefficient (Wildman–Crippen LogP) is 1.61. The van der Waals surface area contributed by atoms with Crippen LogP contribution >= 0.6 is 0 Å². The molecular weight excluding hydrogens is 206 g/mol. The van der Waals surface area contributed by atoms with Gasteiger partial charge in [0.2, 0.25) is 0 Å². The van der Waals surface area contributed by atoms with Gasteiger partial charge in [-0.3, -0.25) is 4.90 Å². The Labute approximate surface area is 94.4 Å². The molecule has 2 rings (SSSR count). The Balaban J connectivity index is 2.04. The van der Waals surface area contributed by atoms with Crippen molar-refractivity contribution in [2.45, 2.75) is 18.6 Å². The van der Waals surface area contributed by atoms with E-state index in [9.17, 15) is 4.79 Å². The van der Waals surface area contributed by atoms with Gasteiger partial charge in [0.25, 0.3) is 0 Å². The van der Waals surface area contributed by atoms with Crippen molar-refractivity contribution in [3.8, 4) is 0 Å². The summed E-state index contributed by atoms with van der Waals surface area (Å²) in [5.41, 5.74) is 1.14. The number of methoxy groups -OCH3 is 1. The van der Waals surface area contributed by atoms with Crippen LogP contribution in [0.4, 0.5) is 4.79 Å². The van der Waals surface area contributed by atoms with Gasteiger partial charge in [0.1, 0.15) is 0 Å². The van der Waals surface area contributed by atoms with Crippen LogP contribution in [0.25, 0.3) is 0 Å². The highest BCUT2D eigenvalue weighted by Crippen LogP contribution is 2.24. The largest absolute Gasteiger partial charge is 0.465 e. The number of carboxylic acid groups (broad SMARTS) is 1. The molecule has 4 nitrogen and oxygen atoms in total. The fourth-order valence-corrected chi connectivity index (χ4v) is 2.06. The van der Waals surface area contributed by atoms with Crippen molar-refractivity contribution < 1.29 is 14.6 Å². The van der Waals surface area contributed by atoms with E-state index >= 15 is 0 Å². The van der Waals surface area contributed by atoms with Crippen LogP contribution in [0.2, 0.25) is 0 Å². The molecule has 0 saturated carbocycles. The second kappa shape index (κ2) is 4.53. The Morgan fingerprint density at radius 2 is 2.19 bits per heavy atom. The first kappa shape index (κ1) is 11.0. The molecule has 1 N–H and O–H groups in total. The molecule has 1 fully saturated rings. The summed E-state index contributed by atoms with van der Waals surface area (Å²) in [5, 5.41) is 8.97. The Bertz CT molecular complexity index is 366. The summed E-state index contributed by atoms with van der Waals surface area (Å²) in [4.78, 5) is 12.3. The van der Waals surface area contributed by atoms with Gasteiger partial charge in [0, 0.05) is 7.11 Å². The Morgan fingerprint density at radius 1 is 1.50 bits per heavy atom. The third kappa shape index (κ3) is 2.02. The molecule has 0 bridgehead atoms. The molecule has 86 valence electrons. The van der Waals surface area contributed by atoms with Crippen molar-refractivity contribution in [3.63, 3.8) is 0 Å². The van der Waals surface area contributed by atoms with Gasteiger partial charge in [0.05, 0.1) is 18.7 Å². The van der Waals surface area contributed by atoms with Crippen LogP contribution in [0.3, 0.4) is 0 Å². The highest BCUT2D eigenvalue weighted by molar-refractivity contribution is 5.67. The normalized spacial score (nSPS) is 23.9. The number of likely N-dealkylation sites (tertiary alicyclic amines) is 1. The first-order valence-corrected chi connectivity index (χ1v) is 5.28. The molecule has 1 heterocycles. The highest BCUT2D eigenvalue weighted by atomic mass is 16.5. The zero-order valence-electron chi connectivity index (χ0n) is 9.17. The number of amides is 1. The fourth-order valence-electron chi connectivity index (χ4n) is 2.06. The number of benzene rings is 1. The molecule has 1 aromatic rings. The van der Waals surface area contributed by atoms with E-state index in [4.69, 9.17) is 9.84 Å². The van der Waals surface area contributed by atoms with Gasteiger partial charge < -0.3 is 9.84 Å². The van der Waals surface area contributed by atoms with E-state index in [0.29, 0.717) is 13.0 Å². The van der Waals surface area contributed by atoms with E-state index in [-0.39, 0.29) is 12.1 Å². The van der Waals surface area contributed by atoms with Gasteiger partial charge in [-0.2, -0.15) is 0 Å². The maximum atomic E-state index is 10.9. The lowest BCUT2D eigenvalue weighted by atomic mass is 9.93. The summed E-state index contributed by atoms with van der Waals surface area (Å²) in [6, 6.07) is 9.83. The van der Waals surface area contributed by atoms with Gasteiger partial charge >= 0.3 is 6.09 Å². The smallest absolute Gasteiger partial charge is 0.407 e. The SMILES string of the molecule is CO[C@@H]1CN(C(=O)O)[C@@H]1Cc1ccccc1. The summed E-state index contributed by atoms with van der Waals surface area (Å²) in [7, 11) is 1.63. The summed E-state index contributed by atoms with van der Waals surface area (Å²) in [5.74, 6) is 0. The molecule has 1 aliphatic heterocycles. The first-order chi connectivity index (χ1) is 7.72. The number of nitrogens with zero attached hydrogens (tertiary/aromatic N) is 1. The average molecular weight is 221 g/mol. The third-order valence-electron chi connectivity index (χ3n) is 3.04. The molecule has 0 radical (unpaired) electrons. The zero-order chi connectivity index (χ0) is 11.5. The quantitative estimate of drug-likeness (QED) is 0.843. The predicted molar refractivity (Wildman–Crippen MR) is 59.5 cm³/mol. The third-order valence-corrected chi connectivity index (χ3v) is 3.04. The molecule has 1 saturated heterocycles.